The summed E-state index contributed by atoms with van der Waals surface area (Å²) in [6.45, 7) is 23.3. The van der Waals surface area contributed by atoms with E-state index in [1.807, 2.05) is 60.7 Å². The number of hydrogen-bond donors (Lipinski definition) is 4. The lowest BCUT2D eigenvalue weighted by Crippen LogP contribution is -2.44. The lowest BCUT2D eigenvalue weighted by molar-refractivity contribution is -0.142. The molecular weight excluding hydrogens is 1570 g/mol. The zero-order valence-corrected chi connectivity index (χ0v) is 80.2. The largest absolute Gasteiger partial charge is 0.507 e. The highest BCUT2D eigenvalue weighted by Crippen LogP contribution is 2.51. The van der Waals surface area contributed by atoms with E-state index in [4.69, 9.17) is 0 Å². The first-order valence-electron chi connectivity index (χ1n) is 51.0. The maximum Gasteiger partial charge on any atom is 0.163 e. The van der Waals surface area contributed by atoms with Crippen LogP contribution in [0.4, 0.5) is 11.4 Å². The molecule has 0 radical (unpaired) electrons. The van der Waals surface area contributed by atoms with E-state index in [1.165, 1.54) is 330 Å². The molecule has 128 heavy (non-hydrogen) atoms. The van der Waals surface area contributed by atoms with Crippen LogP contribution in [0.2, 0.25) is 0 Å². The maximum absolute atomic E-state index is 13.9. The molecule has 0 bridgehead atoms. The third-order valence-corrected chi connectivity index (χ3v) is 26.7. The Kier molecular flexibility index (Phi) is 46.9. The Morgan fingerprint density at radius 3 is 0.523 bits per heavy atom. The van der Waals surface area contributed by atoms with Crippen LogP contribution in [-0.4, -0.2) is 58.2 Å². The summed E-state index contributed by atoms with van der Waals surface area (Å²) in [7, 11) is 0. The smallest absolute Gasteiger partial charge is 0.163 e. The highest BCUT2D eigenvalue weighted by Gasteiger charge is 2.54. The van der Waals surface area contributed by atoms with Gasteiger partial charge in [0.2, 0.25) is 0 Å². The van der Waals surface area contributed by atoms with Crippen molar-refractivity contribution in [2.75, 3.05) is 36.0 Å². The number of phenolic OH excluding ortho intramolecular Hbond substituents is 4. The Labute approximate surface area is 775 Å². The van der Waals surface area contributed by atoms with E-state index in [0.717, 1.165) is 68.2 Å². The van der Waals surface area contributed by atoms with Gasteiger partial charge in [-0.1, -0.05) is 455 Å². The van der Waals surface area contributed by atoms with Crippen molar-refractivity contribution in [3.63, 3.8) is 0 Å². The van der Waals surface area contributed by atoms with Gasteiger partial charge < -0.3 is 30.2 Å². The predicted molar refractivity (Wildman–Crippen MR) is 556 cm³/mol. The van der Waals surface area contributed by atoms with E-state index in [1.54, 1.807) is 12.2 Å². The minimum atomic E-state index is -1.47. The van der Waals surface area contributed by atoms with Gasteiger partial charge in [0.1, 0.15) is 34.8 Å². The van der Waals surface area contributed by atoms with Crippen molar-refractivity contribution in [2.24, 2.45) is 23.7 Å². The number of Topliss-reactive ketones (excluding diaryl/α,β-unsaturated/α-hetero) is 2. The van der Waals surface area contributed by atoms with Gasteiger partial charge in [0, 0.05) is 37.6 Å². The molecule has 4 N–H and O–H groups in total. The lowest BCUT2D eigenvalue weighted by atomic mass is 9.65. The fourth-order valence-electron chi connectivity index (χ4n) is 18.8. The lowest BCUT2D eigenvalue weighted by Gasteiger charge is -2.33. The summed E-state index contributed by atoms with van der Waals surface area (Å²) in [6, 6.07) is 57.9. The maximum atomic E-state index is 13.9. The number of benzene rings is 8. The fraction of sp³-hybridized carbons (Fsp3) is 0.483. The van der Waals surface area contributed by atoms with Crippen molar-refractivity contribution in [3.8, 4) is 23.0 Å². The average Bonchev–Trinajstić information content (AvgIpc) is 0.727. The zero-order valence-electron chi connectivity index (χ0n) is 80.2. The molecule has 8 heteroatoms. The van der Waals surface area contributed by atoms with Gasteiger partial charge in [-0.2, -0.15) is 0 Å². The Morgan fingerprint density at radius 1 is 0.219 bits per heavy atom. The van der Waals surface area contributed by atoms with Crippen molar-refractivity contribution >= 4 is 95.9 Å². The van der Waals surface area contributed by atoms with Gasteiger partial charge in [0.15, 0.2) is 11.6 Å². The number of carbonyl (C=O) groups is 2. The van der Waals surface area contributed by atoms with Crippen molar-refractivity contribution in [2.45, 2.75) is 324 Å². The van der Waals surface area contributed by atoms with Crippen LogP contribution < -0.4 is 9.80 Å². The van der Waals surface area contributed by atoms with Crippen LogP contribution in [0.15, 0.2) is 170 Å². The third kappa shape index (κ3) is 35.7. The SMILES string of the molecule is CCCCCCC(CCCCCC)CN(CC(CCCCCC)CCCCCC)c1ccc(/C=C/c2ccc(/C=C/c3ccc(/C=C/c4cc(O)c(C5C(=O)C(c6c(O)cc(/C=C/c7ccc(/C=C/c8ccc(/C=C/c9ccc(N(CC(CCCCCC)CCCCCC)CC(CCCCCC)CCCCCC)cc9)cc8)cc7)cc6O)C5=O)c(O)c4)cc3)cc2)cc1. The van der Waals surface area contributed by atoms with Crippen molar-refractivity contribution in [1.82, 2.24) is 0 Å². The summed E-state index contributed by atoms with van der Waals surface area (Å²) in [5, 5.41) is 45.1. The molecule has 0 amide bonds. The molecule has 0 spiro atoms. The predicted octanol–water partition coefficient (Wildman–Crippen LogP) is 34.4. The van der Waals surface area contributed by atoms with Crippen LogP contribution in [0.3, 0.4) is 0 Å². The quantitative estimate of drug-likeness (QED) is 0.0169. The van der Waals surface area contributed by atoms with Crippen molar-refractivity contribution in [1.29, 1.82) is 0 Å². The van der Waals surface area contributed by atoms with Gasteiger partial charge in [0.25, 0.3) is 0 Å². The minimum Gasteiger partial charge on any atom is -0.507 e. The molecule has 1 saturated carbocycles. The van der Waals surface area contributed by atoms with Crippen LogP contribution in [0.25, 0.3) is 72.9 Å². The average molecular weight is 1730 g/mol. The van der Waals surface area contributed by atoms with E-state index >= 15 is 0 Å². The molecule has 8 nitrogen and oxygen atoms in total. The highest BCUT2D eigenvalue weighted by molar-refractivity contribution is 6.32. The molecule has 0 aromatic heterocycles. The van der Waals surface area contributed by atoms with Gasteiger partial charge in [-0.25, -0.2) is 0 Å². The molecule has 0 atom stereocenters. The molecule has 0 heterocycles. The normalized spacial score (nSPS) is 13.8. The monoisotopic (exact) mass is 1730 g/mol. The molecule has 0 aliphatic heterocycles. The molecule has 1 aliphatic rings. The first kappa shape index (κ1) is 102. The Bertz CT molecular complexity index is 4180. The Balaban J connectivity index is 0.747. The Morgan fingerprint density at radius 2 is 0.367 bits per heavy atom. The van der Waals surface area contributed by atoms with E-state index in [2.05, 4.69) is 211 Å². The third-order valence-electron chi connectivity index (χ3n) is 26.7. The number of ketones is 2. The summed E-state index contributed by atoms with van der Waals surface area (Å²) in [5.41, 5.74) is 14.0. The second-order valence-electron chi connectivity index (χ2n) is 37.5. The van der Waals surface area contributed by atoms with Crippen molar-refractivity contribution in [3.05, 3.63) is 248 Å². The number of rotatable bonds is 64. The molecule has 1 aliphatic carbocycles. The number of phenols is 4. The summed E-state index contributed by atoms with van der Waals surface area (Å²) in [4.78, 5) is 33.4. The molecule has 8 aromatic carbocycles. The Hall–Kier alpha value is -9.66. The summed E-state index contributed by atoms with van der Waals surface area (Å²) in [6.07, 6.45) is 77.9. The molecule has 8 aromatic rings. The van der Waals surface area contributed by atoms with Gasteiger partial charge >= 0.3 is 0 Å². The van der Waals surface area contributed by atoms with Crippen molar-refractivity contribution < 1.29 is 30.0 Å². The fourth-order valence-corrected chi connectivity index (χ4v) is 18.8. The first-order chi connectivity index (χ1) is 62.6. The molecule has 0 saturated heterocycles. The molecular formula is C120H162N2O6. The number of anilines is 2. The first-order valence-corrected chi connectivity index (χ1v) is 51.0. The second-order valence-corrected chi connectivity index (χ2v) is 37.5. The summed E-state index contributed by atoms with van der Waals surface area (Å²) >= 11 is 0. The molecule has 0 unspecified atom stereocenters. The van der Waals surface area contributed by atoms with Crippen LogP contribution in [0.5, 0.6) is 23.0 Å². The van der Waals surface area contributed by atoms with Crippen LogP contribution in [0.1, 0.15) is 402 Å². The van der Waals surface area contributed by atoms with Crippen LogP contribution in [-0.2, 0) is 9.59 Å². The van der Waals surface area contributed by atoms with E-state index < -0.39 is 46.4 Å². The number of nitrogens with zero attached hydrogens (tertiary/aromatic N) is 2. The zero-order chi connectivity index (χ0) is 90.7. The van der Waals surface area contributed by atoms with E-state index in [-0.39, 0.29) is 11.1 Å². The number of unbranched alkanes of at least 4 members (excludes halogenated alkanes) is 24. The molecule has 1 fully saturated rings. The number of aromatic hydroxyl groups is 4. The second kappa shape index (κ2) is 58.8. The summed E-state index contributed by atoms with van der Waals surface area (Å²) < 4.78 is 0. The molecule has 688 valence electrons. The van der Waals surface area contributed by atoms with E-state index in [9.17, 15) is 30.0 Å². The van der Waals surface area contributed by atoms with Crippen LogP contribution in [0, 0.1) is 23.7 Å². The topological polar surface area (TPSA) is 122 Å². The minimum absolute atomic E-state index is 0.201. The highest BCUT2D eigenvalue weighted by atomic mass is 16.3. The van der Waals surface area contributed by atoms with E-state index in [0.29, 0.717) is 11.1 Å². The molecule has 9 rings (SSSR count). The van der Waals surface area contributed by atoms with Gasteiger partial charge in [-0.3, -0.25) is 9.59 Å². The number of carbonyl (C=O) groups excluding carboxylic acids is 2. The van der Waals surface area contributed by atoms with Gasteiger partial charge in [-0.15, -0.1) is 0 Å². The number of hydrogen-bond acceptors (Lipinski definition) is 8. The van der Waals surface area contributed by atoms with Gasteiger partial charge in [-0.05, 0) is 190 Å². The summed E-state index contributed by atoms with van der Waals surface area (Å²) in [5.74, 6) is -2.92. The van der Waals surface area contributed by atoms with Crippen LogP contribution >= 0.6 is 0 Å². The van der Waals surface area contributed by atoms with Gasteiger partial charge in [0.05, 0.1) is 11.1 Å². The standard InChI is InChI=1S/C120H162N2O6/c1-9-17-25-33-41-103(42-34-26-18-10-2)89-121(90-104(43-35-27-19-11-3)44-36-28-20-12-4)109-81-77-101(78-82-109)71-69-97-57-53-93(54-58-97)49-51-95-61-65-99(66-62-95)73-75-107-85-111(123)115(112(124)86-107)117-119(127)118(120(117)128)116-113(125)87-108(88-114(116)126)76-74-100-67-63-96(64-68-100)52-50-94-55-59-98(60-56-94)70-72-102-79-83-110(84-80-102)122(91-105(45-37-29-21-13-5)46-38-30-22-14-6)92-106(47-39-31-23-15-7)48-40-32-24-16-8/h49-88,103-106,117-118,123-126H,9-48,89-92H2,1-8H3/b51-49+,52-50+,71-69+,72-70+,75-73+,76-74+.